The van der Waals surface area contributed by atoms with Gasteiger partial charge in [0.05, 0.1) is 0 Å². The second kappa shape index (κ2) is 5.62. The van der Waals surface area contributed by atoms with Gasteiger partial charge >= 0.3 is 0 Å². The molecule has 0 fully saturated rings. The Bertz CT molecular complexity index is 504. The summed E-state index contributed by atoms with van der Waals surface area (Å²) in [5, 5.41) is 0. The van der Waals surface area contributed by atoms with Gasteiger partial charge in [-0.05, 0) is 67.6 Å². The number of hydrogen-bond acceptors (Lipinski definition) is 1. The molecule has 0 spiro atoms. The molecule has 0 aliphatic carbocycles. The molecule has 0 aromatic heterocycles. The molecule has 0 saturated heterocycles. The first-order chi connectivity index (χ1) is 8.56. The molecule has 0 amide bonds. The van der Waals surface area contributed by atoms with E-state index in [1.54, 1.807) is 0 Å². The molecular weight excluding hydrogens is 236 g/mol. The van der Waals surface area contributed by atoms with Crippen LogP contribution >= 0.6 is 11.8 Å². The molecule has 1 heteroatoms. The lowest BCUT2D eigenvalue weighted by molar-refractivity contribution is 1.26. The third-order valence-corrected chi connectivity index (χ3v) is 4.52. The fourth-order valence-corrected chi connectivity index (χ4v) is 2.80. The van der Waals surface area contributed by atoms with Gasteiger partial charge in [0.15, 0.2) is 0 Å². The quantitative estimate of drug-likeness (QED) is 0.679. The van der Waals surface area contributed by atoms with E-state index in [0.29, 0.717) is 0 Å². The Hall–Kier alpha value is -1.21. The zero-order chi connectivity index (χ0) is 13.1. The van der Waals surface area contributed by atoms with Crippen LogP contribution in [0.2, 0.25) is 0 Å². The zero-order valence-electron chi connectivity index (χ0n) is 11.6. The van der Waals surface area contributed by atoms with E-state index in [1.165, 1.54) is 32.7 Å². The Labute approximate surface area is 114 Å². The molecule has 0 heterocycles. The SMILES string of the molecule is Cc1ccc(CSc2ccc(C)c(C)c2)cc1C. The maximum atomic E-state index is 2.30. The average Bonchev–Trinajstić information content (AvgIpc) is 2.35. The van der Waals surface area contributed by atoms with Crippen molar-refractivity contribution >= 4 is 11.8 Å². The molecule has 0 unspecified atom stereocenters. The van der Waals surface area contributed by atoms with Crippen LogP contribution in [0.15, 0.2) is 41.3 Å². The van der Waals surface area contributed by atoms with Gasteiger partial charge in [0.2, 0.25) is 0 Å². The molecule has 0 aliphatic rings. The molecule has 94 valence electrons. The monoisotopic (exact) mass is 256 g/mol. The lowest BCUT2D eigenvalue weighted by atomic mass is 10.1. The molecule has 0 nitrogen and oxygen atoms in total. The predicted molar refractivity (Wildman–Crippen MR) is 81.4 cm³/mol. The van der Waals surface area contributed by atoms with Gasteiger partial charge < -0.3 is 0 Å². The maximum absolute atomic E-state index is 2.30. The fourth-order valence-electron chi connectivity index (χ4n) is 1.86. The Morgan fingerprint density at radius 2 is 1.33 bits per heavy atom. The van der Waals surface area contributed by atoms with Crippen molar-refractivity contribution in [3.05, 3.63) is 64.2 Å². The minimum atomic E-state index is 1.05. The van der Waals surface area contributed by atoms with Crippen LogP contribution in [-0.2, 0) is 5.75 Å². The van der Waals surface area contributed by atoms with E-state index in [4.69, 9.17) is 0 Å². The summed E-state index contributed by atoms with van der Waals surface area (Å²) in [5.74, 6) is 1.05. The molecule has 18 heavy (non-hydrogen) atoms. The molecule has 0 bridgehead atoms. The molecule has 0 saturated carbocycles. The Morgan fingerprint density at radius 1 is 0.722 bits per heavy atom. The minimum absolute atomic E-state index is 1.05. The van der Waals surface area contributed by atoms with Crippen LogP contribution in [0.4, 0.5) is 0 Å². The van der Waals surface area contributed by atoms with Gasteiger partial charge in [0.1, 0.15) is 0 Å². The molecule has 2 aromatic carbocycles. The summed E-state index contributed by atoms with van der Waals surface area (Å²) < 4.78 is 0. The van der Waals surface area contributed by atoms with Gasteiger partial charge in [0, 0.05) is 10.6 Å². The summed E-state index contributed by atoms with van der Waals surface area (Å²) in [6, 6.07) is 13.4. The summed E-state index contributed by atoms with van der Waals surface area (Å²) >= 11 is 1.91. The number of aryl methyl sites for hydroxylation is 4. The molecule has 0 atom stereocenters. The van der Waals surface area contributed by atoms with Gasteiger partial charge in [-0.2, -0.15) is 0 Å². The van der Waals surface area contributed by atoms with E-state index in [1.807, 2.05) is 11.8 Å². The largest absolute Gasteiger partial charge is 0.121 e. The van der Waals surface area contributed by atoms with Crippen molar-refractivity contribution in [2.24, 2.45) is 0 Å². The molecule has 2 rings (SSSR count). The van der Waals surface area contributed by atoms with Crippen molar-refractivity contribution in [3.63, 3.8) is 0 Å². The van der Waals surface area contributed by atoms with Gasteiger partial charge in [-0.3, -0.25) is 0 Å². The molecule has 0 aliphatic heterocycles. The second-order valence-electron chi connectivity index (χ2n) is 4.95. The Morgan fingerprint density at radius 3 is 1.94 bits per heavy atom. The highest BCUT2D eigenvalue weighted by atomic mass is 32.2. The predicted octanol–water partition coefficient (Wildman–Crippen LogP) is 5.21. The molecule has 0 radical (unpaired) electrons. The van der Waals surface area contributed by atoms with Crippen molar-refractivity contribution < 1.29 is 0 Å². The lowest BCUT2D eigenvalue weighted by Crippen LogP contribution is -1.86. The third kappa shape index (κ3) is 3.17. The summed E-state index contributed by atoms with van der Waals surface area (Å²) in [6.07, 6.45) is 0. The van der Waals surface area contributed by atoms with Crippen LogP contribution < -0.4 is 0 Å². The van der Waals surface area contributed by atoms with E-state index in [0.717, 1.165) is 5.75 Å². The summed E-state index contributed by atoms with van der Waals surface area (Å²) in [4.78, 5) is 1.36. The number of thioether (sulfide) groups is 1. The summed E-state index contributed by atoms with van der Waals surface area (Å²) in [6.45, 7) is 8.68. The smallest absolute Gasteiger partial charge is 0.0232 e. The zero-order valence-corrected chi connectivity index (χ0v) is 12.4. The maximum Gasteiger partial charge on any atom is 0.0232 e. The van der Waals surface area contributed by atoms with Crippen molar-refractivity contribution in [1.29, 1.82) is 0 Å². The van der Waals surface area contributed by atoms with Crippen LogP contribution in [0.25, 0.3) is 0 Å². The topological polar surface area (TPSA) is 0 Å². The number of hydrogen-bond donors (Lipinski definition) is 0. The summed E-state index contributed by atoms with van der Waals surface area (Å²) in [7, 11) is 0. The first-order valence-electron chi connectivity index (χ1n) is 6.32. The van der Waals surface area contributed by atoms with E-state index in [9.17, 15) is 0 Å². The lowest BCUT2D eigenvalue weighted by Gasteiger charge is -2.07. The van der Waals surface area contributed by atoms with Gasteiger partial charge in [0.25, 0.3) is 0 Å². The van der Waals surface area contributed by atoms with Crippen molar-refractivity contribution in [1.82, 2.24) is 0 Å². The van der Waals surface area contributed by atoms with Gasteiger partial charge in [-0.25, -0.2) is 0 Å². The van der Waals surface area contributed by atoms with Crippen LogP contribution in [0.3, 0.4) is 0 Å². The van der Waals surface area contributed by atoms with E-state index < -0.39 is 0 Å². The van der Waals surface area contributed by atoms with E-state index in [2.05, 4.69) is 64.1 Å². The van der Waals surface area contributed by atoms with Gasteiger partial charge in [-0.1, -0.05) is 24.3 Å². The van der Waals surface area contributed by atoms with Gasteiger partial charge in [-0.15, -0.1) is 11.8 Å². The minimum Gasteiger partial charge on any atom is -0.121 e. The summed E-state index contributed by atoms with van der Waals surface area (Å²) in [5.41, 5.74) is 6.90. The van der Waals surface area contributed by atoms with Crippen molar-refractivity contribution in [2.45, 2.75) is 38.3 Å². The van der Waals surface area contributed by atoms with Crippen LogP contribution in [0.1, 0.15) is 27.8 Å². The average molecular weight is 256 g/mol. The highest BCUT2D eigenvalue weighted by Crippen LogP contribution is 2.25. The third-order valence-electron chi connectivity index (χ3n) is 3.46. The van der Waals surface area contributed by atoms with Crippen LogP contribution in [0.5, 0.6) is 0 Å². The number of rotatable bonds is 3. The Balaban J connectivity index is 2.06. The molecule has 2 aromatic rings. The highest BCUT2D eigenvalue weighted by molar-refractivity contribution is 7.98. The Kier molecular flexibility index (Phi) is 4.13. The normalized spacial score (nSPS) is 10.7. The molecule has 0 N–H and O–H groups in total. The molecular formula is C17H20S. The highest BCUT2D eigenvalue weighted by Gasteiger charge is 2.00. The first-order valence-corrected chi connectivity index (χ1v) is 7.31. The van der Waals surface area contributed by atoms with E-state index in [-0.39, 0.29) is 0 Å². The van der Waals surface area contributed by atoms with Crippen LogP contribution in [-0.4, -0.2) is 0 Å². The fraction of sp³-hybridized carbons (Fsp3) is 0.294. The first kappa shape index (κ1) is 13.2. The van der Waals surface area contributed by atoms with Crippen LogP contribution in [0, 0.1) is 27.7 Å². The van der Waals surface area contributed by atoms with Crippen molar-refractivity contribution in [2.75, 3.05) is 0 Å². The number of benzene rings is 2. The van der Waals surface area contributed by atoms with E-state index >= 15 is 0 Å². The second-order valence-corrected chi connectivity index (χ2v) is 6.00. The standard InChI is InChI=1S/C17H20S/c1-12-5-7-16(9-14(12)3)11-18-17-8-6-13(2)15(4)10-17/h5-10H,11H2,1-4H3. The van der Waals surface area contributed by atoms with Crippen molar-refractivity contribution in [3.8, 4) is 0 Å².